The Morgan fingerprint density at radius 3 is 2.30 bits per heavy atom. The van der Waals surface area contributed by atoms with Crippen molar-refractivity contribution in [1.82, 2.24) is 9.80 Å². The lowest BCUT2D eigenvalue weighted by molar-refractivity contribution is -0.120. The average molecular weight is 408 g/mol. The smallest absolute Gasteiger partial charge is 0.227 e. The van der Waals surface area contributed by atoms with Gasteiger partial charge in [-0.25, -0.2) is 0 Å². The van der Waals surface area contributed by atoms with E-state index in [9.17, 15) is 4.79 Å². The molecule has 1 aliphatic carbocycles. The topological polar surface area (TPSA) is 44.8 Å². The molecule has 0 bridgehead atoms. The Bertz CT molecular complexity index is 819. The molecule has 0 atom stereocenters. The highest BCUT2D eigenvalue weighted by molar-refractivity contribution is 5.94. The van der Waals surface area contributed by atoms with E-state index in [4.69, 9.17) is 4.74 Å². The van der Waals surface area contributed by atoms with Crippen LogP contribution in [0.4, 0.5) is 5.69 Å². The number of likely N-dealkylation sites (N-methyl/N-ethyl adjacent to an activating group) is 1. The molecule has 1 fully saturated rings. The number of amides is 1. The maximum atomic E-state index is 13.0. The summed E-state index contributed by atoms with van der Waals surface area (Å²) in [4.78, 5) is 17.8. The number of aryl methyl sites for hydroxylation is 2. The summed E-state index contributed by atoms with van der Waals surface area (Å²) in [6.07, 6.45) is 3.74. The van der Waals surface area contributed by atoms with Crippen LogP contribution in [0.25, 0.3) is 0 Å². The van der Waals surface area contributed by atoms with Crippen LogP contribution in [-0.2, 0) is 17.6 Å². The van der Waals surface area contributed by atoms with Crippen molar-refractivity contribution >= 4 is 11.6 Å². The molecule has 1 aliphatic heterocycles. The van der Waals surface area contributed by atoms with Gasteiger partial charge < -0.3 is 15.0 Å². The number of nitrogens with one attached hydrogen (secondary N) is 1. The Morgan fingerprint density at radius 2 is 1.60 bits per heavy atom. The van der Waals surface area contributed by atoms with E-state index in [1.807, 2.05) is 24.3 Å². The van der Waals surface area contributed by atoms with Crippen molar-refractivity contribution in [1.29, 1.82) is 0 Å². The summed E-state index contributed by atoms with van der Waals surface area (Å²) in [5, 5.41) is 3.14. The lowest BCUT2D eigenvalue weighted by atomic mass is 9.98. The highest BCUT2D eigenvalue weighted by Gasteiger charge is 2.23. The zero-order valence-electron chi connectivity index (χ0n) is 18.0. The zero-order chi connectivity index (χ0) is 20.8. The predicted molar refractivity (Wildman–Crippen MR) is 121 cm³/mol. The minimum absolute atomic E-state index is 0.0378. The Kier molecular flexibility index (Phi) is 7.03. The maximum Gasteiger partial charge on any atom is 0.227 e. The van der Waals surface area contributed by atoms with Crippen molar-refractivity contribution in [3.8, 4) is 5.75 Å². The molecule has 4 rings (SSSR count). The molecule has 30 heavy (non-hydrogen) atoms. The van der Waals surface area contributed by atoms with Gasteiger partial charge in [-0.15, -0.1) is 0 Å². The number of hydrogen-bond donors (Lipinski definition) is 1. The molecular formula is C25H33N3O2. The third-order valence-corrected chi connectivity index (χ3v) is 6.42. The summed E-state index contributed by atoms with van der Waals surface area (Å²) in [7, 11) is 2.17. The number of anilines is 1. The predicted octanol–water partition coefficient (Wildman–Crippen LogP) is 3.45. The van der Waals surface area contributed by atoms with Crippen molar-refractivity contribution in [3.63, 3.8) is 0 Å². The number of para-hydroxylation sites is 2. The quantitative estimate of drug-likeness (QED) is 0.745. The first-order valence-corrected chi connectivity index (χ1v) is 11.2. The second-order valence-corrected chi connectivity index (χ2v) is 8.52. The molecule has 0 spiro atoms. The van der Waals surface area contributed by atoms with Crippen LogP contribution < -0.4 is 10.1 Å². The minimum Gasteiger partial charge on any atom is -0.490 e. The van der Waals surface area contributed by atoms with Crippen LogP contribution in [0, 0.1) is 5.92 Å². The molecule has 0 aromatic heterocycles. The van der Waals surface area contributed by atoms with Gasteiger partial charge in [0.05, 0.1) is 5.69 Å². The monoisotopic (exact) mass is 407 g/mol. The van der Waals surface area contributed by atoms with Gasteiger partial charge in [-0.2, -0.15) is 0 Å². The largest absolute Gasteiger partial charge is 0.490 e. The van der Waals surface area contributed by atoms with E-state index in [1.165, 1.54) is 11.1 Å². The SMILES string of the molecule is CN1CCN(CCOc2ccccc2NC(=O)C2CCc3ccccc3CC2)CC1. The summed E-state index contributed by atoms with van der Waals surface area (Å²) in [6, 6.07) is 16.4. The fraction of sp³-hybridized carbons (Fsp3) is 0.480. The van der Waals surface area contributed by atoms with Crippen LogP contribution in [0.5, 0.6) is 5.75 Å². The van der Waals surface area contributed by atoms with Crippen LogP contribution in [-0.4, -0.2) is 62.1 Å². The molecule has 2 aromatic carbocycles. The molecule has 2 aromatic rings. The van der Waals surface area contributed by atoms with E-state index in [-0.39, 0.29) is 11.8 Å². The molecule has 160 valence electrons. The van der Waals surface area contributed by atoms with Gasteiger partial charge in [-0.05, 0) is 56.0 Å². The standard InChI is InChI=1S/C25H33N3O2/c1-27-14-16-28(17-15-27)18-19-30-24-9-5-4-8-23(24)26-25(29)22-12-10-20-6-2-3-7-21(20)11-13-22/h2-9,22H,10-19H2,1H3,(H,26,29). The van der Waals surface area contributed by atoms with Gasteiger partial charge in [0.15, 0.2) is 0 Å². The van der Waals surface area contributed by atoms with Crippen LogP contribution in [0.3, 0.4) is 0 Å². The maximum absolute atomic E-state index is 13.0. The summed E-state index contributed by atoms with van der Waals surface area (Å²) < 4.78 is 6.06. The van der Waals surface area contributed by atoms with E-state index >= 15 is 0 Å². The summed E-state index contributed by atoms with van der Waals surface area (Å²) in [5.41, 5.74) is 3.56. The Hall–Kier alpha value is -2.37. The number of carbonyl (C=O) groups excluding carboxylic acids is 1. The molecule has 1 amide bonds. The van der Waals surface area contributed by atoms with Gasteiger partial charge in [0.1, 0.15) is 12.4 Å². The van der Waals surface area contributed by atoms with Crippen LogP contribution in [0.2, 0.25) is 0 Å². The van der Waals surface area contributed by atoms with Gasteiger partial charge in [0, 0.05) is 38.6 Å². The molecule has 1 heterocycles. The molecule has 5 nitrogen and oxygen atoms in total. The van der Waals surface area contributed by atoms with Crippen molar-refractivity contribution in [3.05, 3.63) is 59.7 Å². The van der Waals surface area contributed by atoms with Gasteiger partial charge >= 0.3 is 0 Å². The Labute approximate surface area is 180 Å². The first-order chi connectivity index (χ1) is 14.7. The highest BCUT2D eigenvalue weighted by atomic mass is 16.5. The van der Waals surface area contributed by atoms with Gasteiger partial charge in [-0.3, -0.25) is 9.69 Å². The number of benzene rings is 2. The minimum atomic E-state index is 0.0378. The number of rotatable bonds is 6. The van der Waals surface area contributed by atoms with Crippen molar-refractivity contribution in [2.45, 2.75) is 25.7 Å². The number of hydrogen-bond acceptors (Lipinski definition) is 4. The van der Waals surface area contributed by atoms with Gasteiger partial charge in [0.25, 0.3) is 0 Å². The van der Waals surface area contributed by atoms with Gasteiger partial charge in [0.2, 0.25) is 5.91 Å². The molecule has 0 saturated carbocycles. The second kappa shape index (κ2) is 10.1. The molecule has 1 N–H and O–H groups in total. The Morgan fingerprint density at radius 1 is 0.967 bits per heavy atom. The third kappa shape index (κ3) is 5.41. The fourth-order valence-electron chi connectivity index (χ4n) is 4.40. The number of fused-ring (bicyclic) bond motifs is 1. The highest BCUT2D eigenvalue weighted by Crippen LogP contribution is 2.28. The van der Waals surface area contributed by atoms with Crippen molar-refractivity contribution < 1.29 is 9.53 Å². The van der Waals surface area contributed by atoms with Crippen molar-refractivity contribution in [2.24, 2.45) is 5.92 Å². The normalized spacial score (nSPS) is 18.4. The van der Waals surface area contributed by atoms with Crippen LogP contribution >= 0.6 is 0 Å². The fourth-order valence-corrected chi connectivity index (χ4v) is 4.40. The number of nitrogens with zero attached hydrogens (tertiary/aromatic N) is 2. The number of ether oxygens (including phenoxy) is 1. The first kappa shape index (κ1) is 20.9. The van der Waals surface area contributed by atoms with E-state index in [1.54, 1.807) is 0 Å². The Balaban J connectivity index is 1.31. The lowest BCUT2D eigenvalue weighted by Crippen LogP contribution is -2.45. The number of piperazine rings is 1. The zero-order valence-corrected chi connectivity index (χ0v) is 18.0. The summed E-state index contributed by atoms with van der Waals surface area (Å²) >= 11 is 0. The third-order valence-electron chi connectivity index (χ3n) is 6.42. The van der Waals surface area contributed by atoms with E-state index in [0.29, 0.717) is 6.61 Å². The second-order valence-electron chi connectivity index (χ2n) is 8.52. The molecule has 5 heteroatoms. The van der Waals surface area contributed by atoms with Gasteiger partial charge in [-0.1, -0.05) is 36.4 Å². The van der Waals surface area contributed by atoms with E-state index < -0.39 is 0 Å². The lowest BCUT2D eigenvalue weighted by Gasteiger charge is -2.32. The average Bonchev–Trinajstić information content (AvgIpc) is 2.99. The number of carbonyl (C=O) groups is 1. The van der Waals surface area contributed by atoms with Crippen LogP contribution in [0.15, 0.2) is 48.5 Å². The van der Waals surface area contributed by atoms with E-state index in [0.717, 1.165) is 69.8 Å². The summed E-state index contributed by atoms with van der Waals surface area (Å²) in [6.45, 7) is 5.94. The summed E-state index contributed by atoms with van der Waals surface area (Å²) in [5.74, 6) is 0.908. The molecule has 1 saturated heterocycles. The molecule has 0 unspecified atom stereocenters. The van der Waals surface area contributed by atoms with Crippen molar-refractivity contribution in [2.75, 3.05) is 51.7 Å². The first-order valence-electron chi connectivity index (χ1n) is 11.2. The molecule has 2 aliphatic rings. The molecular weight excluding hydrogens is 374 g/mol. The molecule has 0 radical (unpaired) electrons. The van der Waals surface area contributed by atoms with Crippen LogP contribution in [0.1, 0.15) is 24.0 Å². The van der Waals surface area contributed by atoms with E-state index in [2.05, 4.69) is 46.4 Å².